The number of sulfonamides is 1. The van der Waals surface area contributed by atoms with Gasteiger partial charge in [-0.1, -0.05) is 18.2 Å². The maximum Gasteiger partial charge on any atom is 0.264 e. The summed E-state index contributed by atoms with van der Waals surface area (Å²) in [5.41, 5.74) is 7.38. The Labute approximate surface area is 176 Å². The zero-order valence-electron chi connectivity index (χ0n) is 16.8. The number of piperidine rings is 1. The van der Waals surface area contributed by atoms with Crippen molar-refractivity contribution in [2.45, 2.75) is 37.1 Å². The number of amides is 2. The van der Waals surface area contributed by atoms with E-state index in [2.05, 4.69) is 0 Å². The van der Waals surface area contributed by atoms with E-state index in [1.165, 1.54) is 4.31 Å². The lowest BCUT2D eigenvalue weighted by atomic mass is 9.95. The van der Waals surface area contributed by atoms with Crippen LogP contribution in [-0.4, -0.2) is 44.3 Å². The number of hydrogen-bond acceptors (Lipinski definition) is 4. The molecule has 0 saturated carbocycles. The molecule has 0 aliphatic carbocycles. The molecule has 158 valence electrons. The highest BCUT2D eigenvalue weighted by molar-refractivity contribution is 7.92. The Morgan fingerprint density at radius 2 is 1.70 bits per heavy atom. The summed E-state index contributed by atoms with van der Waals surface area (Å²) < 4.78 is 27.8. The first-order chi connectivity index (χ1) is 14.3. The number of primary amides is 1. The van der Waals surface area contributed by atoms with Crippen LogP contribution in [0.1, 0.15) is 35.7 Å². The molecular formula is C22H25N3O4S. The van der Waals surface area contributed by atoms with Crippen molar-refractivity contribution in [1.82, 2.24) is 4.90 Å². The van der Waals surface area contributed by atoms with Crippen molar-refractivity contribution < 1.29 is 18.0 Å². The van der Waals surface area contributed by atoms with Crippen LogP contribution in [0.25, 0.3) is 0 Å². The Balaban J connectivity index is 1.57. The number of anilines is 1. The molecule has 8 heteroatoms. The average Bonchev–Trinajstić information content (AvgIpc) is 3.09. The minimum atomic E-state index is -3.67. The van der Waals surface area contributed by atoms with Gasteiger partial charge in [0.2, 0.25) is 5.91 Å². The molecule has 0 radical (unpaired) electrons. The lowest BCUT2D eigenvalue weighted by Crippen LogP contribution is -2.41. The first-order valence-corrected chi connectivity index (χ1v) is 11.5. The highest BCUT2D eigenvalue weighted by atomic mass is 32.2. The number of rotatable bonds is 4. The monoisotopic (exact) mass is 427 g/mol. The molecule has 2 aromatic rings. The number of hydrogen-bond donors (Lipinski definition) is 1. The Kier molecular flexibility index (Phi) is 5.27. The van der Waals surface area contributed by atoms with Crippen LogP contribution < -0.4 is 10.0 Å². The molecule has 7 nitrogen and oxygen atoms in total. The van der Waals surface area contributed by atoms with Crippen LogP contribution in [-0.2, 0) is 21.2 Å². The van der Waals surface area contributed by atoms with Crippen molar-refractivity contribution >= 4 is 27.5 Å². The van der Waals surface area contributed by atoms with Gasteiger partial charge in [-0.3, -0.25) is 13.9 Å². The van der Waals surface area contributed by atoms with Gasteiger partial charge in [0, 0.05) is 30.6 Å². The molecular weight excluding hydrogens is 402 g/mol. The summed E-state index contributed by atoms with van der Waals surface area (Å²) in [6.45, 7) is 2.86. The van der Waals surface area contributed by atoms with Gasteiger partial charge in [0.25, 0.3) is 15.9 Å². The van der Waals surface area contributed by atoms with Crippen molar-refractivity contribution in [2.24, 2.45) is 11.7 Å². The van der Waals surface area contributed by atoms with Gasteiger partial charge < -0.3 is 10.6 Å². The third-order valence-electron chi connectivity index (χ3n) is 5.96. The number of benzene rings is 2. The second-order valence-electron chi connectivity index (χ2n) is 7.98. The molecule has 0 spiro atoms. The molecule has 2 aliphatic rings. The van der Waals surface area contributed by atoms with Crippen LogP contribution in [0.15, 0.2) is 53.4 Å². The fourth-order valence-electron chi connectivity index (χ4n) is 4.36. The maximum absolute atomic E-state index is 13.2. The summed E-state index contributed by atoms with van der Waals surface area (Å²) in [7, 11) is -3.67. The van der Waals surface area contributed by atoms with E-state index in [1.54, 1.807) is 53.4 Å². The molecule has 2 aliphatic heterocycles. The summed E-state index contributed by atoms with van der Waals surface area (Å²) in [5, 5.41) is 0. The van der Waals surface area contributed by atoms with E-state index in [9.17, 15) is 18.0 Å². The molecule has 1 atom stereocenters. The van der Waals surface area contributed by atoms with Crippen molar-refractivity contribution in [3.63, 3.8) is 0 Å². The standard InChI is InChI=1S/C22H25N3O4S/c1-15-13-18-14-17(22(27)24-11-9-16(10-12-24)21(23)26)7-8-20(18)25(15)30(28,29)19-5-3-2-4-6-19/h2-8,14-16H,9-13H2,1H3,(H2,23,26). The SMILES string of the molecule is CC1Cc2cc(C(=O)N3CCC(C(N)=O)CC3)ccc2N1S(=O)(=O)c1ccccc1. The van der Waals surface area contributed by atoms with Crippen molar-refractivity contribution in [1.29, 1.82) is 0 Å². The number of nitrogens with zero attached hydrogens (tertiary/aromatic N) is 2. The lowest BCUT2D eigenvalue weighted by Gasteiger charge is -2.30. The number of nitrogens with two attached hydrogens (primary N) is 1. The molecule has 1 unspecified atom stereocenters. The smallest absolute Gasteiger partial charge is 0.264 e. The average molecular weight is 428 g/mol. The summed E-state index contributed by atoms with van der Waals surface area (Å²) in [6, 6.07) is 13.4. The summed E-state index contributed by atoms with van der Waals surface area (Å²) in [5.74, 6) is -0.585. The summed E-state index contributed by atoms with van der Waals surface area (Å²) in [4.78, 5) is 26.3. The van der Waals surface area contributed by atoms with Crippen LogP contribution in [0.5, 0.6) is 0 Å². The largest absolute Gasteiger partial charge is 0.369 e. The Morgan fingerprint density at radius 3 is 2.33 bits per heavy atom. The van der Waals surface area contributed by atoms with Gasteiger partial charge in [-0.15, -0.1) is 0 Å². The first kappa shape index (κ1) is 20.4. The Hall–Kier alpha value is -2.87. The maximum atomic E-state index is 13.2. The van der Waals surface area contributed by atoms with Crippen LogP contribution in [0.2, 0.25) is 0 Å². The third-order valence-corrected chi connectivity index (χ3v) is 7.91. The quantitative estimate of drug-likeness (QED) is 0.808. The fourth-order valence-corrected chi connectivity index (χ4v) is 6.07. The van der Waals surface area contributed by atoms with Crippen molar-refractivity contribution in [2.75, 3.05) is 17.4 Å². The molecule has 1 saturated heterocycles. The Bertz CT molecular complexity index is 1080. The molecule has 2 N–H and O–H groups in total. The van der Waals surface area contributed by atoms with E-state index in [0.717, 1.165) is 5.56 Å². The molecule has 1 fully saturated rings. The van der Waals surface area contributed by atoms with Crippen LogP contribution >= 0.6 is 0 Å². The molecule has 4 rings (SSSR count). The van der Waals surface area contributed by atoms with Crippen LogP contribution in [0.4, 0.5) is 5.69 Å². The molecule has 2 heterocycles. The van der Waals surface area contributed by atoms with E-state index in [-0.39, 0.29) is 28.7 Å². The topological polar surface area (TPSA) is 101 Å². The molecule has 2 aromatic carbocycles. The lowest BCUT2D eigenvalue weighted by molar-refractivity contribution is -0.123. The van der Waals surface area contributed by atoms with E-state index < -0.39 is 10.0 Å². The van der Waals surface area contributed by atoms with Gasteiger partial charge in [-0.05, 0) is 62.1 Å². The van der Waals surface area contributed by atoms with Crippen molar-refractivity contribution in [3.8, 4) is 0 Å². The predicted octanol–water partition coefficient (Wildman–Crippen LogP) is 2.16. The van der Waals surface area contributed by atoms with Gasteiger partial charge >= 0.3 is 0 Å². The second kappa shape index (κ2) is 7.75. The van der Waals surface area contributed by atoms with Gasteiger partial charge in [-0.25, -0.2) is 8.42 Å². The molecule has 0 aromatic heterocycles. The highest BCUT2D eigenvalue weighted by Gasteiger charge is 2.36. The van der Waals surface area contributed by atoms with E-state index >= 15 is 0 Å². The normalized spacial score (nSPS) is 19.6. The van der Waals surface area contributed by atoms with Crippen LogP contribution in [0.3, 0.4) is 0 Å². The predicted molar refractivity (Wildman–Crippen MR) is 114 cm³/mol. The third kappa shape index (κ3) is 3.56. The highest BCUT2D eigenvalue weighted by Crippen LogP contribution is 2.37. The number of likely N-dealkylation sites (tertiary alicyclic amines) is 1. The molecule has 30 heavy (non-hydrogen) atoms. The van der Waals surface area contributed by atoms with Gasteiger partial charge in [0.15, 0.2) is 0 Å². The summed E-state index contributed by atoms with van der Waals surface area (Å²) in [6.07, 6.45) is 1.70. The fraction of sp³-hybridized carbons (Fsp3) is 0.364. The second-order valence-corrected chi connectivity index (χ2v) is 9.79. The van der Waals surface area contributed by atoms with Gasteiger partial charge in [0.1, 0.15) is 0 Å². The van der Waals surface area contributed by atoms with Crippen LogP contribution in [0, 0.1) is 5.92 Å². The minimum absolute atomic E-state index is 0.0993. The van der Waals surface area contributed by atoms with Gasteiger partial charge in [0.05, 0.1) is 10.6 Å². The number of fused-ring (bicyclic) bond motifs is 1. The van der Waals surface area contributed by atoms with E-state index in [1.807, 2.05) is 6.92 Å². The zero-order valence-corrected chi connectivity index (χ0v) is 17.6. The van der Waals surface area contributed by atoms with Crippen molar-refractivity contribution in [3.05, 3.63) is 59.7 Å². The minimum Gasteiger partial charge on any atom is -0.369 e. The van der Waals surface area contributed by atoms with E-state index in [0.29, 0.717) is 43.6 Å². The Morgan fingerprint density at radius 1 is 1.03 bits per heavy atom. The van der Waals surface area contributed by atoms with E-state index in [4.69, 9.17) is 5.73 Å². The van der Waals surface area contributed by atoms with Gasteiger partial charge in [-0.2, -0.15) is 0 Å². The summed E-state index contributed by atoms with van der Waals surface area (Å²) >= 11 is 0. The molecule has 0 bridgehead atoms. The zero-order chi connectivity index (χ0) is 21.5. The molecule has 2 amide bonds. The number of carbonyl (C=O) groups is 2. The number of carbonyl (C=O) groups excluding carboxylic acids is 2. The first-order valence-electron chi connectivity index (χ1n) is 10.1.